The van der Waals surface area contributed by atoms with Crippen LogP contribution < -0.4 is 4.90 Å². The van der Waals surface area contributed by atoms with Crippen LogP contribution >= 0.6 is 0 Å². The molecule has 1 aromatic carbocycles. The minimum Gasteiger partial charge on any atom is -0.464 e. The molecular formula is C18H19N3O2. The number of hydrogen-bond donors (Lipinski definition) is 0. The second kappa shape index (κ2) is 6.49. The Kier molecular flexibility index (Phi) is 4.65. The molecule has 0 radical (unpaired) electrons. The Morgan fingerprint density at radius 3 is 2.70 bits per heavy atom. The van der Waals surface area contributed by atoms with Gasteiger partial charge in [-0.1, -0.05) is 32.0 Å². The van der Waals surface area contributed by atoms with Gasteiger partial charge in [0.25, 0.3) is 0 Å². The number of esters is 1. The number of para-hydroxylation sites is 1. The highest BCUT2D eigenvalue weighted by Gasteiger charge is 2.37. The molecule has 0 bridgehead atoms. The van der Waals surface area contributed by atoms with E-state index in [1.54, 1.807) is 12.1 Å². The number of aliphatic imine (C=N–C) groups is 1. The fourth-order valence-electron chi connectivity index (χ4n) is 2.78. The van der Waals surface area contributed by atoms with E-state index in [0.717, 1.165) is 5.70 Å². The first-order chi connectivity index (χ1) is 10.9. The van der Waals surface area contributed by atoms with Gasteiger partial charge in [-0.3, -0.25) is 0 Å². The largest absolute Gasteiger partial charge is 0.464 e. The lowest BCUT2D eigenvalue weighted by Crippen LogP contribution is -2.22. The van der Waals surface area contributed by atoms with Crippen molar-refractivity contribution in [1.29, 1.82) is 5.26 Å². The van der Waals surface area contributed by atoms with Gasteiger partial charge >= 0.3 is 5.97 Å². The predicted molar refractivity (Wildman–Crippen MR) is 90.2 cm³/mol. The van der Waals surface area contributed by atoms with Crippen LogP contribution in [0.25, 0.3) is 0 Å². The van der Waals surface area contributed by atoms with Gasteiger partial charge in [-0.15, -0.1) is 0 Å². The highest BCUT2D eigenvalue weighted by atomic mass is 16.5. The number of fused-ring (bicyclic) bond motifs is 1. The lowest BCUT2D eigenvalue weighted by Gasteiger charge is -2.23. The number of ether oxygens (including phenoxy) is 1. The van der Waals surface area contributed by atoms with Crippen LogP contribution in [0.3, 0.4) is 0 Å². The summed E-state index contributed by atoms with van der Waals surface area (Å²) in [6.07, 6.45) is 5.09. The molecular weight excluding hydrogens is 290 g/mol. The van der Waals surface area contributed by atoms with Gasteiger partial charge in [-0.2, -0.15) is 5.26 Å². The van der Waals surface area contributed by atoms with E-state index in [2.05, 4.69) is 40.6 Å². The number of rotatable bonds is 3. The minimum absolute atomic E-state index is 0.125. The Morgan fingerprint density at radius 1 is 1.39 bits per heavy atom. The lowest BCUT2D eigenvalue weighted by molar-refractivity contribution is -0.132. The maximum atomic E-state index is 11.3. The second-order valence-electron chi connectivity index (χ2n) is 5.68. The van der Waals surface area contributed by atoms with E-state index >= 15 is 0 Å². The first kappa shape index (κ1) is 16.5. The van der Waals surface area contributed by atoms with Crippen LogP contribution in [0, 0.1) is 11.3 Å². The normalized spacial score (nSPS) is 18.1. The zero-order valence-electron chi connectivity index (χ0n) is 13.7. The summed E-state index contributed by atoms with van der Waals surface area (Å²) in [6.45, 7) is 4.32. The first-order valence-corrected chi connectivity index (χ1v) is 7.20. The molecule has 0 unspecified atom stereocenters. The second-order valence-corrected chi connectivity index (χ2v) is 5.68. The van der Waals surface area contributed by atoms with E-state index in [4.69, 9.17) is 5.26 Å². The van der Waals surface area contributed by atoms with Crippen molar-refractivity contribution < 1.29 is 9.53 Å². The zero-order chi connectivity index (χ0) is 17.0. The maximum Gasteiger partial charge on any atom is 0.367 e. The van der Waals surface area contributed by atoms with Crippen LogP contribution in [0.2, 0.25) is 0 Å². The maximum absolute atomic E-state index is 11.3. The fraction of sp³-hybridized carbons (Fsp3) is 0.278. The molecule has 0 N–H and O–H groups in total. The Balaban J connectivity index is 2.28. The van der Waals surface area contributed by atoms with Gasteiger partial charge in [-0.05, 0) is 23.8 Å². The molecule has 118 valence electrons. The smallest absolute Gasteiger partial charge is 0.367 e. The first-order valence-electron chi connectivity index (χ1n) is 7.20. The van der Waals surface area contributed by atoms with Gasteiger partial charge in [0.1, 0.15) is 6.07 Å². The van der Waals surface area contributed by atoms with E-state index in [-0.39, 0.29) is 11.1 Å². The number of likely N-dealkylation sites (N-methyl/N-ethyl adjacent to an activating group) is 1. The number of anilines is 1. The molecule has 1 heterocycles. The Bertz CT molecular complexity index is 752. The molecule has 0 spiro atoms. The summed E-state index contributed by atoms with van der Waals surface area (Å²) in [4.78, 5) is 17.2. The van der Waals surface area contributed by atoms with E-state index in [0.29, 0.717) is 0 Å². The molecule has 0 atom stereocenters. The molecule has 5 heteroatoms. The summed E-state index contributed by atoms with van der Waals surface area (Å²) >= 11 is 0. The van der Waals surface area contributed by atoms with E-state index < -0.39 is 5.97 Å². The molecule has 0 fully saturated rings. The van der Waals surface area contributed by atoms with Gasteiger partial charge in [-0.25, -0.2) is 9.79 Å². The van der Waals surface area contributed by atoms with Crippen molar-refractivity contribution >= 4 is 17.4 Å². The van der Waals surface area contributed by atoms with Crippen molar-refractivity contribution in [2.45, 2.75) is 19.3 Å². The van der Waals surface area contributed by atoms with Crippen molar-refractivity contribution in [3.63, 3.8) is 0 Å². The van der Waals surface area contributed by atoms with Crippen molar-refractivity contribution in [2.75, 3.05) is 19.1 Å². The Morgan fingerprint density at radius 2 is 2.09 bits per heavy atom. The Labute approximate surface area is 136 Å². The molecule has 23 heavy (non-hydrogen) atoms. The van der Waals surface area contributed by atoms with Crippen LogP contribution in [-0.2, 0) is 14.9 Å². The number of hydrogen-bond acceptors (Lipinski definition) is 5. The van der Waals surface area contributed by atoms with E-state index in [1.165, 1.54) is 24.6 Å². The van der Waals surface area contributed by atoms with Gasteiger partial charge in [0.2, 0.25) is 5.71 Å². The highest BCUT2D eigenvalue weighted by molar-refractivity contribution is 6.43. The minimum atomic E-state index is -0.740. The molecule has 0 aliphatic carbocycles. The predicted octanol–water partition coefficient (Wildman–Crippen LogP) is 2.95. The molecule has 0 aromatic heterocycles. The fourth-order valence-corrected chi connectivity index (χ4v) is 2.78. The molecule has 5 nitrogen and oxygen atoms in total. The number of allylic oxidation sites excluding steroid dienone is 3. The third-order valence-electron chi connectivity index (χ3n) is 3.97. The van der Waals surface area contributed by atoms with Gasteiger partial charge < -0.3 is 9.64 Å². The van der Waals surface area contributed by atoms with Crippen LogP contribution in [-0.4, -0.2) is 25.8 Å². The van der Waals surface area contributed by atoms with Crippen molar-refractivity contribution in [2.24, 2.45) is 4.99 Å². The lowest BCUT2D eigenvalue weighted by atomic mass is 9.84. The molecule has 1 aliphatic rings. The summed E-state index contributed by atoms with van der Waals surface area (Å²) < 4.78 is 4.48. The summed E-state index contributed by atoms with van der Waals surface area (Å²) in [7, 11) is 3.24. The van der Waals surface area contributed by atoms with Crippen LogP contribution in [0.4, 0.5) is 5.69 Å². The molecule has 0 saturated carbocycles. The van der Waals surface area contributed by atoms with Crippen molar-refractivity contribution in [3.05, 3.63) is 53.9 Å². The van der Waals surface area contributed by atoms with Gasteiger partial charge in [0.05, 0.1) is 7.11 Å². The number of nitriles is 1. The number of nitrogens with zero attached hydrogens (tertiary/aromatic N) is 3. The van der Waals surface area contributed by atoms with Crippen molar-refractivity contribution in [3.8, 4) is 6.07 Å². The SMILES string of the molecule is COC(=O)C(C#N)=N/C=C\C=C1\N(C)c2ccccc2C1(C)C. The molecule has 1 aromatic rings. The van der Waals surface area contributed by atoms with E-state index in [9.17, 15) is 4.79 Å². The standard InChI is InChI=1S/C18H19N3O2/c1-18(2)13-8-5-6-9-15(13)21(3)16(18)10-7-11-20-14(12-19)17(22)23-4/h5-11H,1-4H3/b11-7-,16-10+,20-14?. The zero-order valence-corrected chi connectivity index (χ0v) is 13.7. The number of benzene rings is 1. The van der Waals surface area contributed by atoms with Gasteiger partial charge in [0.15, 0.2) is 0 Å². The van der Waals surface area contributed by atoms with Crippen LogP contribution in [0.1, 0.15) is 19.4 Å². The van der Waals surface area contributed by atoms with Crippen LogP contribution in [0.15, 0.2) is 53.3 Å². The van der Waals surface area contributed by atoms with Crippen molar-refractivity contribution in [1.82, 2.24) is 0 Å². The number of carbonyl (C=O) groups is 1. The molecule has 2 rings (SSSR count). The van der Waals surface area contributed by atoms with E-state index in [1.807, 2.05) is 25.3 Å². The van der Waals surface area contributed by atoms with Gasteiger partial charge in [0, 0.05) is 30.0 Å². The topological polar surface area (TPSA) is 65.7 Å². The van der Waals surface area contributed by atoms with Crippen LogP contribution in [0.5, 0.6) is 0 Å². The third-order valence-corrected chi connectivity index (χ3v) is 3.97. The number of methoxy groups -OCH3 is 1. The molecule has 1 aliphatic heterocycles. The summed E-state index contributed by atoms with van der Waals surface area (Å²) in [5.41, 5.74) is 3.15. The quantitative estimate of drug-likeness (QED) is 0.636. The molecule has 0 amide bonds. The monoisotopic (exact) mass is 309 g/mol. The third kappa shape index (κ3) is 3.02. The highest BCUT2D eigenvalue weighted by Crippen LogP contribution is 2.46. The average molecular weight is 309 g/mol. The average Bonchev–Trinajstić information content (AvgIpc) is 2.75. The summed E-state index contributed by atoms with van der Waals surface area (Å²) in [5.74, 6) is -0.740. The summed E-state index contributed by atoms with van der Waals surface area (Å²) in [5, 5.41) is 8.84. The Hall–Kier alpha value is -2.87. The summed E-state index contributed by atoms with van der Waals surface area (Å²) in [6, 6.07) is 9.98. The molecule has 0 saturated heterocycles. The number of carbonyl (C=O) groups excluding carboxylic acids is 1.